The van der Waals surface area contributed by atoms with Crippen LogP contribution < -0.4 is 15.0 Å². The molecule has 2 atom stereocenters. The molecule has 0 spiro atoms. The molecule has 2 aromatic rings. The van der Waals surface area contributed by atoms with E-state index >= 15 is 0 Å². The fourth-order valence-corrected chi connectivity index (χ4v) is 5.32. The number of allylic oxidation sites excluding steroid dienone is 1. The van der Waals surface area contributed by atoms with Crippen molar-refractivity contribution in [1.29, 1.82) is 0 Å². The number of nitrogens with zero attached hydrogens (tertiary/aromatic N) is 1. The van der Waals surface area contributed by atoms with Crippen molar-refractivity contribution in [3.63, 3.8) is 0 Å². The Hall–Kier alpha value is -3.08. The molecule has 4 rings (SSSR count). The van der Waals surface area contributed by atoms with Crippen LogP contribution in [0.2, 0.25) is 0 Å². The minimum absolute atomic E-state index is 0.0190. The minimum atomic E-state index is -0.547. The zero-order chi connectivity index (χ0) is 25.9. The molecule has 0 fully saturated rings. The van der Waals surface area contributed by atoms with Gasteiger partial charge in [-0.3, -0.25) is 14.5 Å². The van der Waals surface area contributed by atoms with Gasteiger partial charge in [0.1, 0.15) is 5.75 Å². The van der Waals surface area contributed by atoms with Crippen molar-refractivity contribution in [2.75, 3.05) is 10.2 Å². The van der Waals surface area contributed by atoms with Crippen molar-refractivity contribution < 1.29 is 14.3 Å². The van der Waals surface area contributed by atoms with Gasteiger partial charge in [0.05, 0.1) is 23.5 Å². The first-order chi connectivity index (χ1) is 17.3. The largest absolute Gasteiger partial charge is 0.490 e. The number of hydrogen-bond acceptors (Lipinski definition) is 4. The van der Waals surface area contributed by atoms with Crippen LogP contribution in [-0.2, 0) is 9.59 Å². The highest BCUT2D eigenvalue weighted by Gasteiger charge is 2.44. The molecule has 1 aliphatic carbocycles. The average Bonchev–Trinajstić information content (AvgIpc) is 2.98. The number of carbonyl (C=O) groups excluding carboxylic acids is 2. The van der Waals surface area contributed by atoms with Crippen molar-refractivity contribution in [2.45, 2.75) is 91.7 Å². The van der Waals surface area contributed by atoms with Gasteiger partial charge in [0.2, 0.25) is 5.91 Å². The second kappa shape index (κ2) is 10.9. The summed E-state index contributed by atoms with van der Waals surface area (Å²) in [6, 6.07) is 15.3. The zero-order valence-electron chi connectivity index (χ0n) is 22.4. The lowest BCUT2D eigenvalue weighted by Gasteiger charge is -2.37. The predicted molar refractivity (Wildman–Crippen MR) is 146 cm³/mol. The normalized spacial score (nSPS) is 19.6. The number of anilines is 2. The molecule has 0 saturated carbocycles. The molecule has 5 nitrogen and oxygen atoms in total. The van der Waals surface area contributed by atoms with Crippen LogP contribution in [-0.4, -0.2) is 17.8 Å². The van der Waals surface area contributed by atoms with E-state index in [9.17, 15) is 9.59 Å². The summed E-state index contributed by atoms with van der Waals surface area (Å²) in [5, 5.41) is 3.59. The summed E-state index contributed by atoms with van der Waals surface area (Å²) in [6.45, 7) is 10.6. The summed E-state index contributed by atoms with van der Waals surface area (Å²) in [5.41, 5.74) is 3.98. The van der Waals surface area contributed by atoms with Crippen LogP contribution in [0.15, 0.2) is 59.8 Å². The van der Waals surface area contributed by atoms with Crippen LogP contribution in [0.1, 0.15) is 91.2 Å². The van der Waals surface area contributed by atoms with Gasteiger partial charge >= 0.3 is 0 Å². The molecule has 1 N–H and O–H groups in total. The first kappa shape index (κ1) is 26.0. The first-order valence-electron chi connectivity index (χ1n) is 13.5. The molecule has 2 aromatic carbocycles. The van der Waals surface area contributed by atoms with Crippen LogP contribution in [0.25, 0.3) is 0 Å². The zero-order valence-corrected chi connectivity index (χ0v) is 22.4. The molecule has 36 heavy (non-hydrogen) atoms. The summed E-state index contributed by atoms with van der Waals surface area (Å²) < 4.78 is 6.37. The minimum Gasteiger partial charge on any atom is -0.490 e. The van der Waals surface area contributed by atoms with Crippen molar-refractivity contribution in [3.8, 4) is 5.75 Å². The van der Waals surface area contributed by atoms with Gasteiger partial charge in [-0.1, -0.05) is 70.9 Å². The molecule has 0 saturated heterocycles. The Kier molecular flexibility index (Phi) is 7.87. The molecule has 0 aromatic heterocycles. The molecule has 1 aliphatic heterocycles. The summed E-state index contributed by atoms with van der Waals surface area (Å²) >= 11 is 0. The molecule has 2 aliphatic rings. The number of rotatable bonds is 8. The number of amides is 1. The van der Waals surface area contributed by atoms with Crippen LogP contribution >= 0.6 is 0 Å². The quantitative estimate of drug-likeness (QED) is 0.389. The van der Waals surface area contributed by atoms with Crippen molar-refractivity contribution >= 4 is 23.1 Å². The topological polar surface area (TPSA) is 58.6 Å². The van der Waals surface area contributed by atoms with Gasteiger partial charge < -0.3 is 10.1 Å². The number of carbonyl (C=O) groups is 2. The van der Waals surface area contributed by atoms with E-state index in [4.69, 9.17) is 4.74 Å². The molecule has 1 amide bonds. The number of benzene rings is 2. The van der Waals surface area contributed by atoms with E-state index in [1.54, 1.807) is 0 Å². The van der Waals surface area contributed by atoms with Crippen LogP contribution in [0.5, 0.6) is 5.75 Å². The number of fused-ring (bicyclic) bond motifs is 1. The van der Waals surface area contributed by atoms with Crippen LogP contribution in [0.3, 0.4) is 0 Å². The summed E-state index contributed by atoms with van der Waals surface area (Å²) in [7, 11) is 0. The number of nitrogens with one attached hydrogen (secondary N) is 1. The number of ether oxygens (including phenoxy) is 1. The van der Waals surface area contributed by atoms with E-state index in [1.165, 1.54) is 0 Å². The maximum Gasteiger partial charge on any atom is 0.227 e. The van der Waals surface area contributed by atoms with Crippen LogP contribution in [0.4, 0.5) is 11.4 Å². The van der Waals surface area contributed by atoms with Crippen molar-refractivity contribution in [2.24, 2.45) is 5.41 Å². The molecule has 0 unspecified atom stereocenters. The summed E-state index contributed by atoms with van der Waals surface area (Å²) in [4.78, 5) is 29.7. The van der Waals surface area contributed by atoms with Gasteiger partial charge in [-0.25, -0.2) is 0 Å². The lowest BCUT2D eigenvalue weighted by atomic mass is 9.73. The Morgan fingerprint density at radius 1 is 1.08 bits per heavy atom. The third kappa shape index (κ3) is 5.35. The van der Waals surface area contributed by atoms with Crippen LogP contribution in [0, 0.1) is 5.41 Å². The van der Waals surface area contributed by atoms with Gasteiger partial charge in [-0.15, -0.1) is 0 Å². The van der Waals surface area contributed by atoms with E-state index in [0.29, 0.717) is 18.4 Å². The number of ketones is 1. The smallest absolute Gasteiger partial charge is 0.227 e. The average molecular weight is 489 g/mol. The number of unbranched alkanes of at least 4 members (excludes halogenated alkanes) is 2. The Morgan fingerprint density at radius 2 is 1.81 bits per heavy atom. The van der Waals surface area contributed by atoms with E-state index in [0.717, 1.165) is 60.5 Å². The molecule has 0 bridgehead atoms. The Labute approximate surface area is 215 Å². The highest BCUT2D eigenvalue weighted by Crippen LogP contribution is 2.50. The highest BCUT2D eigenvalue weighted by atomic mass is 16.5. The van der Waals surface area contributed by atoms with Crippen molar-refractivity contribution in [1.82, 2.24) is 0 Å². The Bertz CT molecular complexity index is 1150. The molecule has 0 radical (unpaired) electrons. The molecular formula is C31H40N2O3. The summed E-state index contributed by atoms with van der Waals surface area (Å²) in [5.74, 6) is 0.857. The summed E-state index contributed by atoms with van der Waals surface area (Å²) in [6.07, 6.45) is 5.39. The van der Waals surface area contributed by atoms with E-state index in [-0.39, 0.29) is 23.2 Å². The second-order valence-corrected chi connectivity index (χ2v) is 11.0. The SMILES string of the molecule is CCCCCC(=O)N1c2ccccc2NC2=C(C(=O)CC(C)(C)C2)[C@@H]1c1ccccc1O[C@@H](C)CC. The third-order valence-electron chi connectivity index (χ3n) is 7.28. The van der Waals surface area contributed by atoms with E-state index < -0.39 is 6.04 Å². The maximum atomic E-state index is 14.0. The van der Waals surface area contributed by atoms with Gasteiger partial charge in [0, 0.05) is 29.7 Å². The first-order valence-corrected chi connectivity index (χ1v) is 13.5. The number of para-hydroxylation sites is 3. The van der Waals surface area contributed by atoms with E-state index in [2.05, 4.69) is 33.0 Å². The standard InChI is InChI=1S/C31H40N2O3/c1-6-8-9-18-28(35)33-25-16-12-11-15-23(25)32-24-19-31(4,5)20-26(34)29(24)30(33)22-14-10-13-17-27(22)36-21(3)7-2/h10-17,21,30,32H,6-9,18-20H2,1-5H3/t21-,30-/m0/s1. The Balaban J connectivity index is 1.95. The highest BCUT2D eigenvalue weighted by molar-refractivity contribution is 6.06. The Morgan fingerprint density at radius 3 is 2.56 bits per heavy atom. The fourth-order valence-electron chi connectivity index (χ4n) is 5.32. The second-order valence-electron chi connectivity index (χ2n) is 11.0. The molecule has 5 heteroatoms. The predicted octanol–water partition coefficient (Wildman–Crippen LogP) is 7.59. The maximum absolute atomic E-state index is 14.0. The van der Waals surface area contributed by atoms with Gasteiger partial charge in [-0.05, 0) is 49.8 Å². The van der Waals surface area contributed by atoms with Crippen molar-refractivity contribution in [3.05, 3.63) is 65.4 Å². The van der Waals surface area contributed by atoms with Gasteiger partial charge in [0.15, 0.2) is 5.78 Å². The monoisotopic (exact) mass is 488 g/mol. The fraction of sp³-hybridized carbons (Fsp3) is 0.484. The molecule has 192 valence electrons. The number of hydrogen-bond donors (Lipinski definition) is 1. The van der Waals surface area contributed by atoms with Gasteiger partial charge in [-0.2, -0.15) is 0 Å². The van der Waals surface area contributed by atoms with E-state index in [1.807, 2.05) is 60.4 Å². The lowest BCUT2D eigenvalue weighted by molar-refractivity contribution is -0.119. The third-order valence-corrected chi connectivity index (χ3v) is 7.28. The van der Waals surface area contributed by atoms with Gasteiger partial charge in [0.25, 0.3) is 0 Å². The number of Topliss-reactive ketones (excluding diaryl/α,β-unsaturated/α-hetero) is 1. The molecular weight excluding hydrogens is 448 g/mol. The molecule has 1 heterocycles. The lowest BCUT2D eigenvalue weighted by Crippen LogP contribution is -2.39.